The summed E-state index contributed by atoms with van der Waals surface area (Å²) in [5.74, 6) is 0.695. The number of nitrogens with zero attached hydrogens (tertiary/aromatic N) is 1. The van der Waals surface area contributed by atoms with E-state index in [1.165, 1.54) is 10.9 Å². The zero-order valence-corrected chi connectivity index (χ0v) is 11.2. The first-order chi connectivity index (χ1) is 8.81. The topological polar surface area (TPSA) is 34.2 Å². The Hall–Kier alpha value is -1.61. The largest absolute Gasteiger partial charge is 0.481 e. The molecule has 0 fully saturated rings. The second-order valence-electron chi connectivity index (χ2n) is 4.29. The number of pyridine rings is 1. The fourth-order valence-corrected chi connectivity index (χ4v) is 2.35. The molecule has 2 aromatic rings. The van der Waals surface area contributed by atoms with Crippen LogP contribution in [0, 0.1) is 0 Å². The Bertz CT molecular complexity index is 525. The Balaban J connectivity index is 2.58. The Kier molecular flexibility index (Phi) is 4.15. The van der Waals surface area contributed by atoms with E-state index >= 15 is 0 Å². The van der Waals surface area contributed by atoms with Crippen molar-refractivity contribution in [1.29, 1.82) is 0 Å². The molecule has 0 aliphatic heterocycles. The van der Waals surface area contributed by atoms with Gasteiger partial charge < -0.3 is 10.1 Å². The fourth-order valence-electron chi connectivity index (χ4n) is 2.35. The number of hydrogen-bond acceptors (Lipinski definition) is 3. The highest BCUT2D eigenvalue weighted by Gasteiger charge is 2.14. The van der Waals surface area contributed by atoms with Crippen molar-refractivity contribution in [2.45, 2.75) is 26.3 Å². The summed E-state index contributed by atoms with van der Waals surface area (Å²) in [6.45, 7) is 5.27. The monoisotopic (exact) mass is 244 g/mol. The van der Waals surface area contributed by atoms with Crippen molar-refractivity contribution in [2.24, 2.45) is 0 Å². The number of nitrogens with one attached hydrogen (secondary N) is 1. The summed E-state index contributed by atoms with van der Waals surface area (Å²) in [7, 11) is 1.66. The van der Waals surface area contributed by atoms with Gasteiger partial charge in [0, 0.05) is 17.6 Å². The molecule has 1 aromatic carbocycles. The lowest BCUT2D eigenvalue weighted by atomic mass is 9.99. The summed E-state index contributed by atoms with van der Waals surface area (Å²) < 4.78 is 5.32. The van der Waals surface area contributed by atoms with Crippen molar-refractivity contribution in [2.75, 3.05) is 13.7 Å². The zero-order chi connectivity index (χ0) is 13.0. The van der Waals surface area contributed by atoms with Gasteiger partial charge in [-0.25, -0.2) is 4.98 Å². The van der Waals surface area contributed by atoms with Crippen molar-refractivity contribution in [3.63, 3.8) is 0 Å². The van der Waals surface area contributed by atoms with Gasteiger partial charge in [-0.3, -0.25) is 0 Å². The quantitative estimate of drug-likeness (QED) is 0.876. The molecule has 0 amide bonds. The van der Waals surface area contributed by atoms with Crippen LogP contribution in [0.15, 0.2) is 30.5 Å². The van der Waals surface area contributed by atoms with Crippen LogP contribution in [0.1, 0.15) is 31.9 Å². The zero-order valence-electron chi connectivity index (χ0n) is 11.2. The van der Waals surface area contributed by atoms with Crippen LogP contribution in [0.5, 0.6) is 5.88 Å². The van der Waals surface area contributed by atoms with Crippen LogP contribution in [0.4, 0.5) is 0 Å². The van der Waals surface area contributed by atoms with Crippen LogP contribution in [-0.4, -0.2) is 18.6 Å². The van der Waals surface area contributed by atoms with Crippen LogP contribution < -0.4 is 10.1 Å². The smallest absolute Gasteiger partial charge is 0.221 e. The van der Waals surface area contributed by atoms with E-state index in [1.807, 2.05) is 12.3 Å². The summed E-state index contributed by atoms with van der Waals surface area (Å²) in [6.07, 6.45) is 2.98. The van der Waals surface area contributed by atoms with Crippen molar-refractivity contribution >= 4 is 10.8 Å². The predicted octanol–water partition coefficient (Wildman–Crippen LogP) is 3.30. The van der Waals surface area contributed by atoms with Crippen molar-refractivity contribution in [3.8, 4) is 5.88 Å². The number of rotatable bonds is 5. The van der Waals surface area contributed by atoms with E-state index in [1.54, 1.807) is 7.11 Å². The molecule has 1 N–H and O–H groups in total. The maximum absolute atomic E-state index is 5.32. The third kappa shape index (κ3) is 2.31. The van der Waals surface area contributed by atoms with E-state index in [4.69, 9.17) is 4.74 Å². The first kappa shape index (κ1) is 12.8. The SMILES string of the molecule is CCNC(CC)c1cnc(OC)c2ccccc12. The van der Waals surface area contributed by atoms with E-state index in [-0.39, 0.29) is 0 Å². The standard InChI is InChI=1S/C15H20N2O/c1-4-14(16-5-2)13-10-17-15(18-3)12-9-7-6-8-11(12)13/h6-10,14,16H,4-5H2,1-3H3. The third-order valence-corrected chi connectivity index (χ3v) is 3.22. The lowest BCUT2D eigenvalue weighted by Gasteiger charge is -2.18. The van der Waals surface area contributed by atoms with Crippen LogP contribution >= 0.6 is 0 Å². The molecule has 96 valence electrons. The highest BCUT2D eigenvalue weighted by Crippen LogP contribution is 2.30. The van der Waals surface area contributed by atoms with Crippen LogP contribution in [-0.2, 0) is 0 Å². The maximum Gasteiger partial charge on any atom is 0.221 e. The normalized spacial score (nSPS) is 12.6. The van der Waals surface area contributed by atoms with E-state index in [9.17, 15) is 0 Å². The minimum absolute atomic E-state index is 0.346. The molecule has 1 atom stereocenters. The van der Waals surface area contributed by atoms with Crippen LogP contribution in [0.3, 0.4) is 0 Å². The molecule has 0 aliphatic carbocycles. The molecule has 3 heteroatoms. The van der Waals surface area contributed by atoms with Gasteiger partial charge in [-0.15, -0.1) is 0 Å². The molecule has 2 rings (SSSR count). The van der Waals surface area contributed by atoms with Gasteiger partial charge in [0.25, 0.3) is 0 Å². The third-order valence-electron chi connectivity index (χ3n) is 3.22. The summed E-state index contributed by atoms with van der Waals surface area (Å²) in [4.78, 5) is 4.41. The maximum atomic E-state index is 5.32. The number of hydrogen-bond donors (Lipinski definition) is 1. The summed E-state index contributed by atoms with van der Waals surface area (Å²) in [5, 5.41) is 5.79. The predicted molar refractivity (Wildman–Crippen MR) is 75.0 cm³/mol. The van der Waals surface area contributed by atoms with Gasteiger partial charge in [-0.2, -0.15) is 0 Å². The molecule has 0 spiro atoms. The van der Waals surface area contributed by atoms with Crippen molar-refractivity contribution in [3.05, 3.63) is 36.0 Å². The highest BCUT2D eigenvalue weighted by molar-refractivity contribution is 5.89. The van der Waals surface area contributed by atoms with Crippen LogP contribution in [0.25, 0.3) is 10.8 Å². The molecule has 0 bridgehead atoms. The summed E-state index contributed by atoms with van der Waals surface area (Å²) in [6, 6.07) is 8.62. The molecule has 18 heavy (non-hydrogen) atoms. The number of fused-ring (bicyclic) bond motifs is 1. The molecule has 3 nitrogen and oxygen atoms in total. The van der Waals surface area contributed by atoms with Gasteiger partial charge in [0.15, 0.2) is 0 Å². The van der Waals surface area contributed by atoms with Gasteiger partial charge in [0.2, 0.25) is 5.88 Å². The number of benzene rings is 1. The van der Waals surface area contributed by atoms with Gasteiger partial charge in [-0.05, 0) is 30.0 Å². The summed E-state index contributed by atoms with van der Waals surface area (Å²) >= 11 is 0. The molecule has 0 saturated carbocycles. The van der Waals surface area contributed by atoms with E-state index < -0.39 is 0 Å². The fraction of sp³-hybridized carbons (Fsp3) is 0.400. The Labute approximate surface area is 108 Å². The Morgan fingerprint density at radius 1 is 1.22 bits per heavy atom. The summed E-state index contributed by atoms with van der Waals surface area (Å²) in [5.41, 5.74) is 1.25. The van der Waals surface area contributed by atoms with Crippen molar-refractivity contribution < 1.29 is 4.74 Å². The number of methoxy groups -OCH3 is 1. The Morgan fingerprint density at radius 2 is 1.94 bits per heavy atom. The number of ether oxygens (including phenoxy) is 1. The van der Waals surface area contributed by atoms with E-state index in [2.05, 4.69) is 42.3 Å². The highest BCUT2D eigenvalue weighted by atomic mass is 16.5. The molecule has 0 aliphatic rings. The minimum atomic E-state index is 0.346. The molecule has 1 heterocycles. The van der Waals surface area contributed by atoms with Crippen molar-refractivity contribution in [1.82, 2.24) is 10.3 Å². The molecule has 0 saturated heterocycles. The minimum Gasteiger partial charge on any atom is -0.481 e. The number of aromatic nitrogens is 1. The first-order valence-corrected chi connectivity index (χ1v) is 6.46. The van der Waals surface area contributed by atoms with E-state index in [0.717, 1.165) is 18.4 Å². The molecular weight excluding hydrogens is 224 g/mol. The van der Waals surface area contributed by atoms with Gasteiger partial charge in [-0.1, -0.05) is 32.0 Å². The molecule has 1 aromatic heterocycles. The lowest BCUT2D eigenvalue weighted by Crippen LogP contribution is -2.20. The van der Waals surface area contributed by atoms with E-state index in [0.29, 0.717) is 11.9 Å². The average Bonchev–Trinajstić information content (AvgIpc) is 2.44. The molecular formula is C15H20N2O. The van der Waals surface area contributed by atoms with Crippen LogP contribution in [0.2, 0.25) is 0 Å². The molecule has 1 unspecified atom stereocenters. The van der Waals surface area contributed by atoms with Gasteiger partial charge in [0.1, 0.15) is 0 Å². The Morgan fingerprint density at radius 3 is 2.56 bits per heavy atom. The average molecular weight is 244 g/mol. The van der Waals surface area contributed by atoms with Gasteiger partial charge in [0.05, 0.1) is 7.11 Å². The second kappa shape index (κ2) is 5.83. The first-order valence-electron chi connectivity index (χ1n) is 6.46. The molecule has 0 radical (unpaired) electrons. The second-order valence-corrected chi connectivity index (χ2v) is 4.29. The lowest BCUT2D eigenvalue weighted by molar-refractivity contribution is 0.402. The van der Waals surface area contributed by atoms with Gasteiger partial charge >= 0.3 is 0 Å².